The largest absolute Gasteiger partial charge is 0.457 e. The topological polar surface area (TPSA) is 48.0 Å². The Labute approximate surface area is 101 Å². The number of halogens is 1. The number of nitrogens with zero attached hydrogens (tertiary/aromatic N) is 2. The van der Waals surface area contributed by atoms with Gasteiger partial charge in [0.1, 0.15) is 0 Å². The van der Waals surface area contributed by atoms with E-state index in [0.717, 1.165) is 12.1 Å². The van der Waals surface area contributed by atoms with Crippen molar-refractivity contribution < 1.29 is 9.21 Å². The number of aromatic nitrogens is 2. The molecule has 0 atom stereocenters. The molecule has 0 aliphatic heterocycles. The Hall–Kier alpha value is -1.36. The molecule has 5 heteroatoms. The van der Waals surface area contributed by atoms with E-state index in [1.54, 1.807) is 16.9 Å². The fraction of sp³-hybridized carbons (Fsp3) is 0.273. The highest BCUT2D eigenvalue weighted by Crippen LogP contribution is 2.19. The number of Topliss-reactive ketones (excluding diaryl/α,β-unsaturated/α-hetero) is 1. The molecule has 2 rings (SSSR count). The maximum absolute atomic E-state index is 11.9. The van der Waals surface area contributed by atoms with Crippen molar-refractivity contribution in [2.45, 2.75) is 19.9 Å². The number of aryl methyl sites for hydroxylation is 1. The van der Waals surface area contributed by atoms with Crippen molar-refractivity contribution in [2.75, 3.05) is 0 Å². The van der Waals surface area contributed by atoms with Gasteiger partial charge < -0.3 is 4.42 Å². The van der Waals surface area contributed by atoms with Crippen LogP contribution in [0, 0.1) is 0 Å². The molecule has 0 unspecified atom stereocenters. The predicted octanol–water partition coefficient (Wildman–Crippen LogP) is 2.68. The molecule has 0 amide bonds. The van der Waals surface area contributed by atoms with Crippen LogP contribution in [0.1, 0.15) is 22.8 Å². The molecule has 4 nitrogen and oxygen atoms in total. The summed E-state index contributed by atoms with van der Waals surface area (Å²) in [6.45, 7) is 2.81. The zero-order valence-electron chi connectivity index (χ0n) is 8.81. The van der Waals surface area contributed by atoms with Crippen molar-refractivity contribution in [2.24, 2.45) is 0 Å². The second kappa shape index (κ2) is 4.65. The number of carbonyl (C=O) groups excluding carboxylic acids is 1. The zero-order chi connectivity index (χ0) is 11.5. The molecule has 0 aromatic carbocycles. The average molecular weight is 283 g/mol. The SMILES string of the molecule is CCn1cc(CC(=O)c2ccoc2Br)cn1. The van der Waals surface area contributed by atoms with E-state index in [4.69, 9.17) is 4.42 Å². The third kappa shape index (κ3) is 2.24. The van der Waals surface area contributed by atoms with Gasteiger partial charge in [-0.2, -0.15) is 5.10 Å². The Kier molecular flexibility index (Phi) is 3.24. The molecule has 0 N–H and O–H groups in total. The van der Waals surface area contributed by atoms with Gasteiger partial charge in [-0.25, -0.2) is 0 Å². The lowest BCUT2D eigenvalue weighted by Crippen LogP contribution is -2.02. The van der Waals surface area contributed by atoms with Gasteiger partial charge in [0.2, 0.25) is 0 Å². The highest BCUT2D eigenvalue weighted by Gasteiger charge is 2.13. The molecule has 0 aliphatic rings. The van der Waals surface area contributed by atoms with Crippen molar-refractivity contribution in [1.29, 1.82) is 0 Å². The van der Waals surface area contributed by atoms with Crippen molar-refractivity contribution in [1.82, 2.24) is 9.78 Å². The lowest BCUT2D eigenvalue weighted by Gasteiger charge is -1.95. The maximum atomic E-state index is 11.9. The molecule has 0 aliphatic carbocycles. The molecule has 2 heterocycles. The minimum absolute atomic E-state index is 0.0243. The van der Waals surface area contributed by atoms with Crippen molar-refractivity contribution in [3.8, 4) is 0 Å². The average Bonchev–Trinajstić information content (AvgIpc) is 2.86. The van der Waals surface area contributed by atoms with Gasteiger partial charge in [-0.15, -0.1) is 0 Å². The first-order valence-corrected chi connectivity index (χ1v) is 5.77. The van der Waals surface area contributed by atoms with Gasteiger partial charge >= 0.3 is 0 Å². The molecule has 0 fully saturated rings. The third-order valence-electron chi connectivity index (χ3n) is 2.29. The van der Waals surface area contributed by atoms with Gasteiger partial charge in [-0.1, -0.05) is 0 Å². The summed E-state index contributed by atoms with van der Waals surface area (Å²) in [5.74, 6) is 0.0243. The number of ketones is 1. The fourth-order valence-corrected chi connectivity index (χ4v) is 1.91. The Morgan fingerprint density at radius 2 is 2.44 bits per heavy atom. The monoisotopic (exact) mass is 282 g/mol. The van der Waals surface area contributed by atoms with E-state index in [2.05, 4.69) is 21.0 Å². The molecule has 2 aromatic heterocycles. The maximum Gasteiger partial charge on any atom is 0.179 e. The molecule has 0 spiro atoms. The molecule has 0 saturated carbocycles. The van der Waals surface area contributed by atoms with Crippen LogP contribution in [-0.2, 0) is 13.0 Å². The van der Waals surface area contributed by atoms with E-state index in [0.29, 0.717) is 16.7 Å². The quantitative estimate of drug-likeness (QED) is 0.810. The standard InChI is InChI=1S/C11H11BrN2O2/c1-2-14-7-8(6-13-14)5-10(15)9-3-4-16-11(9)12/h3-4,6-7H,2,5H2,1H3. The molecule has 16 heavy (non-hydrogen) atoms. The highest BCUT2D eigenvalue weighted by molar-refractivity contribution is 9.10. The van der Waals surface area contributed by atoms with E-state index in [1.807, 2.05) is 13.1 Å². The smallest absolute Gasteiger partial charge is 0.179 e. The van der Waals surface area contributed by atoms with Crippen LogP contribution in [-0.4, -0.2) is 15.6 Å². The Morgan fingerprint density at radius 3 is 3.00 bits per heavy atom. The summed E-state index contributed by atoms with van der Waals surface area (Å²) in [5, 5.41) is 4.12. The molecule has 0 saturated heterocycles. The summed E-state index contributed by atoms with van der Waals surface area (Å²) < 4.78 is 7.31. The van der Waals surface area contributed by atoms with Gasteiger partial charge in [0, 0.05) is 19.2 Å². The van der Waals surface area contributed by atoms with E-state index >= 15 is 0 Å². The van der Waals surface area contributed by atoms with Crippen LogP contribution >= 0.6 is 15.9 Å². The first-order valence-electron chi connectivity index (χ1n) is 4.98. The van der Waals surface area contributed by atoms with Gasteiger partial charge in [-0.3, -0.25) is 9.48 Å². The summed E-state index contributed by atoms with van der Waals surface area (Å²) in [4.78, 5) is 11.9. The first kappa shape index (κ1) is 11.1. The lowest BCUT2D eigenvalue weighted by molar-refractivity contribution is 0.0991. The number of carbonyl (C=O) groups is 1. The summed E-state index contributed by atoms with van der Waals surface area (Å²) in [7, 11) is 0. The summed E-state index contributed by atoms with van der Waals surface area (Å²) in [6.07, 6.45) is 5.44. The summed E-state index contributed by atoms with van der Waals surface area (Å²) in [6, 6.07) is 1.66. The van der Waals surface area contributed by atoms with E-state index in [-0.39, 0.29) is 5.78 Å². The van der Waals surface area contributed by atoms with Crippen LogP contribution in [0.25, 0.3) is 0 Å². The Bertz CT molecular complexity index is 502. The minimum Gasteiger partial charge on any atom is -0.457 e. The van der Waals surface area contributed by atoms with Crippen LogP contribution in [0.15, 0.2) is 33.8 Å². The second-order valence-corrected chi connectivity index (χ2v) is 4.13. The predicted molar refractivity (Wildman–Crippen MR) is 62.3 cm³/mol. The van der Waals surface area contributed by atoms with Crippen LogP contribution in [0.2, 0.25) is 0 Å². The van der Waals surface area contributed by atoms with E-state index < -0.39 is 0 Å². The van der Waals surface area contributed by atoms with Crippen LogP contribution in [0.5, 0.6) is 0 Å². The van der Waals surface area contributed by atoms with Gasteiger partial charge in [-0.05, 0) is 34.5 Å². The minimum atomic E-state index is 0.0243. The van der Waals surface area contributed by atoms with Crippen LogP contribution in [0.4, 0.5) is 0 Å². The van der Waals surface area contributed by atoms with Crippen LogP contribution < -0.4 is 0 Å². The van der Waals surface area contributed by atoms with Crippen molar-refractivity contribution in [3.05, 3.63) is 40.5 Å². The normalized spacial score (nSPS) is 10.6. The van der Waals surface area contributed by atoms with Crippen molar-refractivity contribution >= 4 is 21.7 Å². The molecule has 2 aromatic rings. The fourth-order valence-electron chi connectivity index (χ4n) is 1.44. The number of hydrogen-bond donors (Lipinski definition) is 0. The van der Waals surface area contributed by atoms with Gasteiger partial charge in [0.05, 0.1) is 18.0 Å². The van der Waals surface area contributed by atoms with Gasteiger partial charge in [0.25, 0.3) is 0 Å². The third-order valence-corrected chi connectivity index (χ3v) is 2.91. The number of furan rings is 1. The molecular formula is C11H11BrN2O2. The molecule has 0 radical (unpaired) electrons. The molecular weight excluding hydrogens is 272 g/mol. The number of hydrogen-bond acceptors (Lipinski definition) is 3. The Balaban J connectivity index is 2.11. The summed E-state index contributed by atoms with van der Waals surface area (Å²) in [5.41, 5.74) is 1.49. The second-order valence-electron chi connectivity index (χ2n) is 3.41. The molecule has 0 bridgehead atoms. The number of rotatable bonds is 4. The zero-order valence-corrected chi connectivity index (χ0v) is 10.4. The van der Waals surface area contributed by atoms with E-state index in [1.165, 1.54) is 6.26 Å². The van der Waals surface area contributed by atoms with Crippen molar-refractivity contribution in [3.63, 3.8) is 0 Å². The lowest BCUT2D eigenvalue weighted by atomic mass is 10.1. The van der Waals surface area contributed by atoms with Gasteiger partial charge in [0.15, 0.2) is 10.5 Å². The summed E-state index contributed by atoms with van der Waals surface area (Å²) >= 11 is 3.19. The van der Waals surface area contributed by atoms with Crippen LogP contribution in [0.3, 0.4) is 0 Å². The Morgan fingerprint density at radius 1 is 1.62 bits per heavy atom. The van der Waals surface area contributed by atoms with E-state index in [9.17, 15) is 4.79 Å². The first-order chi connectivity index (χ1) is 7.70. The molecule has 84 valence electrons. The highest BCUT2D eigenvalue weighted by atomic mass is 79.9.